The molecule has 1 unspecified atom stereocenters. The Morgan fingerprint density at radius 2 is 2.00 bits per heavy atom. The van der Waals surface area contributed by atoms with Crippen molar-refractivity contribution < 1.29 is 0 Å². The maximum Gasteiger partial charge on any atom is 0.0482 e. The van der Waals surface area contributed by atoms with E-state index in [2.05, 4.69) is 44.3 Å². The number of hydrogen-bond donors (Lipinski definition) is 1. The van der Waals surface area contributed by atoms with Gasteiger partial charge in [0.2, 0.25) is 0 Å². The summed E-state index contributed by atoms with van der Waals surface area (Å²) in [6.07, 6.45) is 5.00. The second-order valence-electron chi connectivity index (χ2n) is 4.58. The van der Waals surface area contributed by atoms with E-state index < -0.39 is 0 Å². The van der Waals surface area contributed by atoms with Crippen molar-refractivity contribution in [3.63, 3.8) is 0 Å². The van der Waals surface area contributed by atoms with Crippen molar-refractivity contribution in [1.29, 1.82) is 0 Å². The summed E-state index contributed by atoms with van der Waals surface area (Å²) in [7, 11) is 0. The van der Waals surface area contributed by atoms with Crippen molar-refractivity contribution in [1.82, 2.24) is 5.32 Å². The molecular weight excluding hydrogens is 230 g/mol. The van der Waals surface area contributed by atoms with Gasteiger partial charge >= 0.3 is 0 Å². The Morgan fingerprint density at radius 1 is 1.24 bits per heavy atom. The van der Waals surface area contributed by atoms with Crippen LogP contribution in [0.15, 0.2) is 18.2 Å². The molecule has 2 heteroatoms. The molecule has 0 saturated heterocycles. The van der Waals surface area contributed by atoms with Crippen LogP contribution < -0.4 is 5.32 Å². The first-order chi connectivity index (χ1) is 8.20. The van der Waals surface area contributed by atoms with Gasteiger partial charge in [-0.05, 0) is 31.0 Å². The number of nitrogens with one attached hydrogen (secondary N) is 1. The van der Waals surface area contributed by atoms with E-state index in [9.17, 15) is 0 Å². The van der Waals surface area contributed by atoms with E-state index in [0.717, 1.165) is 11.6 Å². The largest absolute Gasteiger partial charge is 0.310 e. The van der Waals surface area contributed by atoms with Gasteiger partial charge < -0.3 is 5.32 Å². The standard InChI is InChI=1S/C15H24ClN/c1-4-6-7-11-14(17-5-2)13-10-8-9-12(3)15(13)16/h8-10,14,17H,4-7,11H2,1-3H3. The fraction of sp³-hybridized carbons (Fsp3) is 0.600. The molecule has 0 heterocycles. The van der Waals surface area contributed by atoms with Crippen LogP contribution in [-0.4, -0.2) is 6.54 Å². The molecule has 96 valence electrons. The summed E-state index contributed by atoms with van der Waals surface area (Å²) in [6.45, 7) is 7.44. The Kier molecular flexibility index (Phi) is 6.61. The van der Waals surface area contributed by atoms with Crippen LogP contribution in [0.2, 0.25) is 5.02 Å². The topological polar surface area (TPSA) is 12.0 Å². The Labute approximate surface area is 111 Å². The van der Waals surface area contributed by atoms with E-state index >= 15 is 0 Å². The summed E-state index contributed by atoms with van der Waals surface area (Å²) >= 11 is 6.40. The Morgan fingerprint density at radius 3 is 2.65 bits per heavy atom. The molecule has 0 saturated carbocycles. The van der Waals surface area contributed by atoms with Crippen LogP contribution in [0.1, 0.15) is 56.7 Å². The van der Waals surface area contributed by atoms with Crippen LogP contribution >= 0.6 is 11.6 Å². The molecule has 0 amide bonds. The maximum absolute atomic E-state index is 6.40. The van der Waals surface area contributed by atoms with Crippen molar-refractivity contribution in [3.8, 4) is 0 Å². The van der Waals surface area contributed by atoms with E-state index in [1.165, 1.54) is 36.8 Å². The molecule has 0 spiro atoms. The number of rotatable bonds is 7. The Bertz CT molecular complexity index is 336. The highest BCUT2D eigenvalue weighted by Crippen LogP contribution is 2.29. The van der Waals surface area contributed by atoms with Crippen molar-refractivity contribution in [2.24, 2.45) is 0 Å². The van der Waals surface area contributed by atoms with Gasteiger partial charge in [0.25, 0.3) is 0 Å². The minimum atomic E-state index is 0.402. The SMILES string of the molecule is CCCCCC(NCC)c1cccc(C)c1Cl. The summed E-state index contributed by atoms with van der Waals surface area (Å²) < 4.78 is 0. The Hall–Kier alpha value is -0.530. The zero-order valence-electron chi connectivity index (χ0n) is 11.2. The normalized spacial score (nSPS) is 12.7. The lowest BCUT2D eigenvalue weighted by molar-refractivity contribution is 0.486. The molecule has 0 aromatic heterocycles. The second-order valence-corrected chi connectivity index (χ2v) is 4.96. The smallest absolute Gasteiger partial charge is 0.0482 e. The average Bonchev–Trinajstić information content (AvgIpc) is 2.32. The van der Waals surface area contributed by atoms with Gasteiger partial charge in [-0.1, -0.05) is 62.9 Å². The van der Waals surface area contributed by atoms with E-state index in [0.29, 0.717) is 6.04 Å². The van der Waals surface area contributed by atoms with Gasteiger partial charge in [0.15, 0.2) is 0 Å². The number of unbranched alkanes of at least 4 members (excludes halogenated alkanes) is 2. The lowest BCUT2D eigenvalue weighted by atomic mass is 9.98. The van der Waals surface area contributed by atoms with Crippen LogP contribution in [0.3, 0.4) is 0 Å². The van der Waals surface area contributed by atoms with Crippen LogP contribution in [-0.2, 0) is 0 Å². The fourth-order valence-electron chi connectivity index (χ4n) is 2.15. The molecule has 1 rings (SSSR count). The highest BCUT2D eigenvalue weighted by atomic mass is 35.5. The van der Waals surface area contributed by atoms with Crippen molar-refractivity contribution in [3.05, 3.63) is 34.3 Å². The van der Waals surface area contributed by atoms with Gasteiger partial charge in [0.05, 0.1) is 0 Å². The molecule has 0 bridgehead atoms. The molecule has 1 aromatic rings. The van der Waals surface area contributed by atoms with Crippen molar-refractivity contribution >= 4 is 11.6 Å². The van der Waals surface area contributed by atoms with Gasteiger partial charge in [-0.15, -0.1) is 0 Å². The summed E-state index contributed by atoms with van der Waals surface area (Å²) in [6, 6.07) is 6.72. The maximum atomic E-state index is 6.40. The molecule has 0 fully saturated rings. The van der Waals surface area contributed by atoms with Gasteiger partial charge in [0, 0.05) is 11.1 Å². The molecule has 0 radical (unpaired) electrons. The first kappa shape index (κ1) is 14.5. The van der Waals surface area contributed by atoms with Gasteiger partial charge in [-0.25, -0.2) is 0 Å². The van der Waals surface area contributed by atoms with Gasteiger partial charge in [0.1, 0.15) is 0 Å². The number of benzene rings is 1. The molecule has 1 nitrogen and oxygen atoms in total. The highest BCUT2D eigenvalue weighted by molar-refractivity contribution is 6.32. The first-order valence-corrected chi connectivity index (χ1v) is 7.06. The molecule has 1 aromatic carbocycles. The third-order valence-corrected chi connectivity index (χ3v) is 3.66. The fourth-order valence-corrected chi connectivity index (χ4v) is 2.41. The lowest BCUT2D eigenvalue weighted by Crippen LogP contribution is -2.21. The van der Waals surface area contributed by atoms with Crippen LogP contribution in [0, 0.1) is 6.92 Å². The zero-order chi connectivity index (χ0) is 12.7. The molecule has 17 heavy (non-hydrogen) atoms. The van der Waals surface area contributed by atoms with Crippen molar-refractivity contribution in [2.75, 3.05) is 6.54 Å². The minimum Gasteiger partial charge on any atom is -0.310 e. The van der Waals surface area contributed by atoms with Gasteiger partial charge in [-0.3, -0.25) is 0 Å². The third-order valence-electron chi connectivity index (χ3n) is 3.14. The average molecular weight is 254 g/mol. The van der Waals surface area contributed by atoms with Crippen LogP contribution in [0.4, 0.5) is 0 Å². The Balaban J connectivity index is 2.77. The van der Waals surface area contributed by atoms with E-state index in [1.807, 2.05) is 0 Å². The number of aryl methyl sites for hydroxylation is 1. The van der Waals surface area contributed by atoms with Crippen molar-refractivity contribution in [2.45, 2.75) is 52.5 Å². The quantitative estimate of drug-likeness (QED) is 0.683. The summed E-state index contributed by atoms with van der Waals surface area (Å²) in [5.41, 5.74) is 2.42. The predicted molar refractivity (Wildman–Crippen MR) is 76.7 cm³/mol. The van der Waals surface area contributed by atoms with E-state index in [-0.39, 0.29) is 0 Å². The summed E-state index contributed by atoms with van der Waals surface area (Å²) in [5.74, 6) is 0. The minimum absolute atomic E-state index is 0.402. The lowest BCUT2D eigenvalue weighted by Gasteiger charge is -2.20. The second kappa shape index (κ2) is 7.73. The van der Waals surface area contributed by atoms with Gasteiger partial charge in [-0.2, -0.15) is 0 Å². The molecular formula is C15H24ClN. The first-order valence-electron chi connectivity index (χ1n) is 6.69. The molecule has 1 atom stereocenters. The summed E-state index contributed by atoms with van der Waals surface area (Å²) in [4.78, 5) is 0. The molecule has 0 aliphatic heterocycles. The highest BCUT2D eigenvalue weighted by Gasteiger charge is 2.14. The van der Waals surface area contributed by atoms with E-state index in [4.69, 9.17) is 11.6 Å². The monoisotopic (exact) mass is 253 g/mol. The molecule has 0 aliphatic carbocycles. The predicted octanol–water partition coefficient (Wildman–Crippen LogP) is 4.88. The zero-order valence-corrected chi connectivity index (χ0v) is 12.0. The molecule has 0 aliphatic rings. The van der Waals surface area contributed by atoms with Crippen LogP contribution in [0.25, 0.3) is 0 Å². The van der Waals surface area contributed by atoms with Crippen LogP contribution in [0.5, 0.6) is 0 Å². The van der Waals surface area contributed by atoms with E-state index in [1.54, 1.807) is 0 Å². The third kappa shape index (κ3) is 4.33. The molecule has 1 N–H and O–H groups in total. The number of hydrogen-bond acceptors (Lipinski definition) is 1. The number of halogens is 1. The summed E-state index contributed by atoms with van der Waals surface area (Å²) in [5, 5.41) is 4.47.